The molecular formula is C16H25N3O. The van der Waals surface area contributed by atoms with Gasteiger partial charge in [0, 0.05) is 19.2 Å². The monoisotopic (exact) mass is 275 g/mol. The van der Waals surface area contributed by atoms with E-state index in [1.807, 2.05) is 12.1 Å². The second kappa shape index (κ2) is 7.17. The lowest BCUT2D eigenvalue weighted by atomic mass is 10.0. The van der Waals surface area contributed by atoms with Gasteiger partial charge in [0.25, 0.3) is 0 Å². The van der Waals surface area contributed by atoms with Crippen molar-refractivity contribution in [2.24, 2.45) is 5.92 Å². The molecule has 0 aliphatic heterocycles. The highest BCUT2D eigenvalue weighted by molar-refractivity contribution is 5.90. The molecule has 0 spiro atoms. The van der Waals surface area contributed by atoms with Crippen LogP contribution in [0.4, 0.5) is 17.1 Å². The van der Waals surface area contributed by atoms with Gasteiger partial charge in [0.2, 0.25) is 5.91 Å². The maximum atomic E-state index is 11.0. The van der Waals surface area contributed by atoms with Gasteiger partial charge in [0.15, 0.2) is 0 Å². The van der Waals surface area contributed by atoms with Crippen molar-refractivity contribution in [3.63, 3.8) is 0 Å². The summed E-state index contributed by atoms with van der Waals surface area (Å²) in [6.45, 7) is 2.48. The molecule has 1 saturated carbocycles. The first-order valence-electron chi connectivity index (χ1n) is 7.56. The van der Waals surface area contributed by atoms with Crippen LogP contribution in [0.2, 0.25) is 0 Å². The molecule has 2 rings (SSSR count). The van der Waals surface area contributed by atoms with Crippen LogP contribution in [-0.4, -0.2) is 12.5 Å². The largest absolute Gasteiger partial charge is 0.397 e. The Labute approximate surface area is 121 Å². The summed E-state index contributed by atoms with van der Waals surface area (Å²) in [5.41, 5.74) is 8.42. The van der Waals surface area contributed by atoms with Crippen molar-refractivity contribution < 1.29 is 4.79 Å². The van der Waals surface area contributed by atoms with Crippen LogP contribution < -0.4 is 16.4 Å². The number of hydrogen-bond donors (Lipinski definition) is 3. The quantitative estimate of drug-likeness (QED) is 0.581. The lowest BCUT2D eigenvalue weighted by Gasteiger charge is -2.17. The fourth-order valence-electron chi connectivity index (χ4n) is 2.83. The molecule has 1 aromatic carbocycles. The first kappa shape index (κ1) is 14.7. The van der Waals surface area contributed by atoms with Crippen molar-refractivity contribution in [1.82, 2.24) is 0 Å². The molecule has 1 fully saturated rings. The van der Waals surface area contributed by atoms with E-state index in [-0.39, 0.29) is 5.91 Å². The van der Waals surface area contributed by atoms with Crippen molar-refractivity contribution >= 4 is 23.0 Å². The van der Waals surface area contributed by atoms with Gasteiger partial charge in [-0.05, 0) is 37.0 Å². The first-order chi connectivity index (χ1) is 9.65. The summed E-state index contributed by atoms with van der Waals surface area (Å²) in [5.74, 6) is 0.676. The van der Waals surface area contributed by atoms with Crippen molar-refractivity contribution in [2.45, 2.75) is 45.4 Å². The van der Waals surface area contributed by atoms with E-state index in [0.29, 0.717) is 5.69 Å². The fraction of sp³-hybridized carbons (Fsp3) is 0.562. The second-order valence-corrected chi connectivity index (χ2v) is 5.72. The number of carbonyl (C=O) groups excluding carboxylic acids is 1. The van der Waals surface area contributed by atoms with Crippen LogP contribution >= 0.6 is 0 Å². The van der Waals surface area contributed by atoms with E-state index >= 15 is 0 Å². The van der Waals surface area contributed by atoms with Crippen molar-refractivity contribution in [1.29, 1.82) is 0 Å². The molecule has 110 valence electrons. The number of hydrogen-bond acceptors (Lipinski definition) is 3. The number of nitrogens with one attached hydrogen (secondary N) is 2. The van der Waals surface area contributed by atoms with Crippen LogP contribution in [0.5, 0.6) is 0 Å². The number of rotatable bonds is 4. The summed E-state index contributed by atoms with van der Waals surface area (Å²) in [7, 11) is 0. The lowest BCUT2D eigenvalue weighted by Crippen LogP contribution is -2.14. The highest BCUT2D eigenvalue weighted by atomic mass is 16.1. The average Bonchev–Trinajstić information content (AvgIpc) is 2.65. The minimum atomic E-state index is -0.0800. The molecule has 1 aliphatic rings. The topological polar surface area (TPSA) is 67.2 Å². The molecule has 4 N–H and O–H groups in total. The van der Waals surface area contributed by atoms with Crippen LogP contribution in [0.25, 0.3) is 0 Å². The smallest absolute Gasteiger partial charge is 0.221 e. The number of anilines is 3. The van der Waals surface area contributed by atoms with Crippen LogP contribution in [0.3, 0.4) is 0 Å². The molecule has 1 aromatic rings. The van der Waals surface area contributed by atoms with Gasteiger partial charge in [-0.1, -0.05) is 25.7 Å². The zero-order valence-corrected chi connectivity index (χ0v) is 12.2. The number of nitrogens with two attached hydrogens (primary N) is 1. The van der Waals surface area contributed by atoms with E-state index in [4.69, 9.17) is 5.73 Å². The minimum Gasteiger partial charge on any atom is -0.397 e. The molecule has 0 unspecified atom stereocenters. The van der Waals surface area contributed by atoms with Crippen LogP contribution in [0, 0.1) is 5.92 Å². The van der Waals surface area contributed by atoms with E-state index < -0.39 is 0 Å². The molecule has 0 radical (unpaired) electrons. The maximum absolute atomic E-state index is 11.0. The van der Waals surface area contributed by atoms with Gasteiger partial charge in [-0.3, -0.25) is 4.79 Å². The predicted molar refractivity (Wildman–Crippen MR) is 84.8 cm³/mol. The normalized spacial score (nSPS) is 16.4. The Kier molecular flexibility index (Phi) is 5.27. The third kappa shape index (κ3) is 4.44. The Morgan fingerprint density at radius 3 is 2.55 bits per heavy atom. The molecule has 0 aromatic heterocycles. The summed E-state index contributed by atoms with van der Waals surface area (Å²) >= 11 is 0. The molecule has 20 heavy (non-hydrogen) atoms. The molecule has 4 nitrogen and oxygen atoms in total. The molecular weight excluding hydrogens is 250 g/mol. The van der Waals surface area contributed by atoms with Crippen LogP contribution in [0.1, 0.15) is 45.4 Å². The summed E-state index contributed by atoms with van der Waals surface area (Å²) < 4.78 is 0. The van der Waals surface area contributed by atoms with Crippen molar-refractivity contribution in [3.8, 4) is 0 Å². The average molecular weight is 275 g/mol. The van der Waals surface area contributed by atoms with Gasteiger partial charge < -0.3 is 16.4 Å². The number of nitrogen functional groups attached to an aromatic ring is 1. The van der Waals surface area contributed by atoms with Crippen molar-refractivity contribution in [2.75, 3.05) is 22.9 Å². The first-order valence-corrected chi connectivity index (χ1v) is 7.56. The summed E-state index contributed by atoms with van der Waals surface area (Å²) in [5, 5.41) is 6.19. The van der Waals surface area contributed by atoms with Gasteiger partial charge in [-0.15, -0.1) is 0 Å². The zero-order valence-electron chi connectivity index (χ0n) is 12.2. The number of amides is 1. The number of benzene rings is 1. The molecule has 4 heteroatoms. The Hall–Kier alpha value is -1.71. The van der Waals surface area contributed by atoms with E-state index in [9.17, 15) is 4.79 Å². The molecule has 0 saturated heterocycles. The fourth-order valence-corrected chi connectivity index (χ4v) is 2.83. The van der Waals surface area contributed by atoms with Crippen LogP contribution in [0.15, 0.2) is 18.2 Å². The second-order valence-electron chi connectivity index (χ2n) is 5.72. The Morgan fingerprint density at radius 1 is 1.25 bits per heavy atom. The van der Waals surface area contributed by atoms with Gasteiger partial charge in [0.05, 0.1) is 11.4 Å². The van der Waals surface area contributed by atoms with E-state index in [2.05, 4.69) is 10.6 Å². The zero-order chi connectivity index (χ0) is 14.4. The van der Waals surface area contributed by atoms with E-state index in [0.717, 1.165) is 23.8 Å². The summed E-state index contributed by atoms with van der Waals surface area (Å²) in [6.07, 6.45) is 8.09. The summed E-state index contributed by atoms with van der Waals surface area (Å²) in [6, 6.07) is 5.63. The van der Waals surface area contributed by atoms with Gasteiger partial charge in [-0.25, -0.2) is 0 Å². The van der Waals surface area contributed by atoms with E-state index in [1.165, 1.54) is 45.4 Å². The third-order valence-electron chi connectivity index (χ3n) is 3.93. The molecule has 1 amide bonds. The van der Waals surface area contributed by atoms with Crippen molar-refractivity contribution in [3.05, 3.63) is 18.2 Å². The minimum absolute atomic E-state index is 0.0800. The lowest BCUT2D eigenvalue weighted by molar-refractivity contribution is -0.114. The third-order valence-corrected chi connectivity index (χ3v) is 3.93. The standard InChI is InChI=1S/C16H25N3O/c1-12(20)19-14-8-9-16(15(17)10-14)18-11-13-6-4-2-3-5-7-13/h8-10,13,18H,2-7,11,17H2,1H3,(H,19,20). The molecule has 0 atom stereocenters. The van der Waals surface area contributed by atoms with Crippen LogP contribution in [-0.2, 0) is 4.79 Å². The maximum Gasteiger partial charge on any atom is 0.221 e. The Balaban J connectivity index is 1.90. The highest BCUT2D eigenvalue weighted by Gasteiger charge is 2.12. The van der Waals surface area contributed by atoms with Gasteiger partial charge in [0.1, 0.15) is 0 Å². The SMILES string of the molecule is CC(=O)Nc1ccc(NCC2CCCCCC2)c(N)c1. The van der Waals surface area contributed by atoms with Gasteiger partial charge in [-0.2, -0.15) is 0 Å². The molecule has 0 bridgehead atoms. The Morgan fingerprint density at radius 2 is 1.95 bits per heavy atom. The van der Waals surface area contributed by atoms with E-state index in [1.54, 1.807) is 6.07 Å². The summed E-state index contributed by atoms with van der Waals surface area (Å²) in [4.78, 5) is 11.0. The number of carbonyl (C=O) groups is 1. The molecule has 1 aliphatic carbocycles. The predicted octanol–water partition coefficient (Wildman–Crippen LogP) is 3.61. The highest BCUT2D eigenvalue weighted by Crippen LogP contribution is 2.26. The molecule has 0 heterocycles. The Bertz CT molecular complexity index is 451. The van der Waals surface area contributed by atoms with Gasteiger partial charge >= 0.3 is 0 Å².